The molecule has 0 radical (unpaired) electrons. The Hall–Kier alpha value is -0.640. The first-order valence-electron chi connectivity index (χ1n) is 46.8. The molecular weight excluding hydrogens is 1810 g/mol. The molecule has 0 aliphatic carbocycles. The fourth-order valence-electron chi connectivity index (χ4n) is 15.8. The van der Waals surface area contributed by atoms with Crippen molar-refractivity contribution in [1.82, 2.24) is 38.9 Å². The minimum Gasteiger partial charge on any atom is -0.324 e. The number of nitrogens with zero attached hydrogens (tertiary/aromatic N) is 7. The quantitative estimate of drug-likeness (QED) is 0.0169. The lowest BCUT2D eigenvalue weighted by atomic mass is 10.1. The summed E-state index contributed by atoms with van der Waals surface area (Å²) in [7, 11) is 0. The van der Waals surface area contributed by atoms with Gasteiger partial charge in [0.25, 0.3) is 0 Å². The van der Waals surface area contributed by atoms with E-state index >= 15 is 0 Å². The van der Waals surface area contributed by atoms with Gasteiger partial charge in [-0.05, 0) is 110 Å². The van der Waals surface area contributed by atoms with Crippen LogP contribution in [-0.4, -0.2) is 84.9 Å². The van der Waals surface area contributed by atoms with Crippen molar-refractivity contribution in [2.75, 3.05) is 46.0 Å². The summed E-state index contributed by atoms with van der Waals surface area (Å²) in [5, 5.41) is 4.84. The number of H-pyrrole nitrogens is 1. The van der Waals surface area contributed by atoms with E-state index in [1.807, 2.05) is 68.8 Å². The van der Waals surface area contributed by atoms with Crippen LogP contribution in [0.1, 0.15) is 364 Å². The third-order valence-electron chi connectivity index (χ3n) is 22.7. The van der Waals surface area contributed by atoms with Crippen LogP contribution in [0.15, 0.2) is 40.3 Å². The predicted molar refractivity (Wildman–Crippen MR) is 550 cm³/mol. The lowest BCUT2D eigenvalue weighted by Crippen LogP contribution is -1.98. The highest BCUT2D eigenvalue weighted by atomic mass is 35.5. The molecule has 7 aromatic rings. The number of nitrogens with one attached hydrogen (secondary N) is 1. The Morgan fingerprint density at radius 2 is 0.525 bits per heavy atom. The van der Waals surface area contributed by atoms with E-state index in [0.29, 0.717) is 72.7 Å². The van der Waals surface area contributed by atoms with E-state index in [-0.39, 0.29) is 41.0 Å². The largest absolute Gasteiger partial charge is 0.324 e. The summed E-state index contributed by atoms with van der Waals surface area (Å²) < 4.78 is 2.05. The van der Waals surface area contributed by atoms with Crippen molar-refractivity contribution in [2.45, 2.75) is 398 Å². The molecule has 0 amide bonds. The zero-order valence-corrected chi connectivity index (χ0v) is 86.2. The van der Waals surface area contributed by atoms with Gasteiger partial charge < -0.3 is 4.98 Å². The van der Waals surface area contributed by atoms with Crippen molar-refractivity contribution < 1.29 is 0 Å². The van der Waals surface area contributed by atoms with Gasteiger partial charge in [0, 0.05) is 61.9 Å². The molecule has 1 N–H and O–H groups in total. The second-order valence-electron chi connectivity index (χ2n) is 32.7. The van der Waals surface area contributed by atoms with Crippen LogP contribution in [-0.2, 0) is 0 Å². The first-order chi connectivity index (χ1) is 58.7. The van der Waals surface area contributed by atoms with Crippen molar-refractivity contribution in [3.63, 3.8) is 0 Å². The first kappa shape index (κ1) is 103. The summed E-state index contributed by atoms with van der Waals surface area (Å²) in [6.45, 7) is 18.4. The van der Waals surface area contributed by atoms with E-state index < -0.39 is 0 Å². The van der Waals surface area contributed by atoms with E-state index in [0.717, 1.165) is 151 Å². The van der Waals surface area contributed by atoms with E-state index in [1.54, 1.807) is 11.9 Å². The van der Waals surface area contributed by atoms with Gasteiger partial charge in [0.15, 0.2) is 34.6 Å². The van der Waals surface area contributed by atoms with Gasteiger partial charge >= 0.3 is 0 Å². The standard InChI is InChI=1S/C96H138Cl8N8S8/c1-9-17-25-33-41-49-57-113-82-72-69(79(102)85(116-60-52-44-36-28-20-12-4)86(82)117-61-53-45-37-29-21-13-5)91-107-92(72)108-94-74-73(83(114-58-50-42-34-26-18-10-2)87(118-62-54-46-38-30-22-14-6)88(119-63-55-47-39-31-23-15-7)84(74)115-59-51-43-35-27-19-11-3)93(109-94)106-89-66-65-67(97)75(98)76(99)68(66)90(105-89)110-95-70-71(78(101)81(104)80(103)77(70)100)96(111-91)112(95)120-64-56-48-40-32-24-16-8/h65H,9-64H2,1-8H3,(H,105,106,107,108,109,110,111). The normalized spacial score (nSPS) is 12.1. The van der Waals surface area contributed by atoms with Gasteiger partial charge in [0.2, 0.25) is 0 Å². The van der Waals surface area contributed by atoms with Crippen molar-refractivity contribution in [1.29, 1.82) is 0 Å². The van der Waals surface area contributed by atoms with Crippen LogP contribution in [0.3, 0.4) is 0 Å². The average molecular weight is 1940 g/mol. The number of rotatable bonds is 64. The monoisotopic (exact) mass is 1940 g/mol. The highest BCUT2D eigenvalue weighted by molar-refractivity contribution is 8.05. The Morgan fingerprint density at radius 3 is 0.892 bits per heavy atom. The number of halogens is 8. The van der Waals surface area contributed by atoms with Crippen molar-refractivity contribution >= 4 is 231 Å². The molecule has 0 atom stereocenters. The molecule has 0 spiro atoms. The molecule has 4 aromatic carbocycles. The molecule has 8 bridgehead atoms. The van der Waals surface area contributed by atoms with Crippen LogP contribution in [0.4, 0.5) is 0 Å². The molecule has 24 heteroatoms. The molecule has 2 aliphatic heterocycles. The molecule has 9 rings (SSSR count). The molecule has 0 saturated heterocycles. The molecule has 666 valence electrons. The zero-order valence-electron chi connectivity index (χ0n) is 73.6. The topological polar surface area (TPSA) is 98.1 Å². The highest BCUT2D eigenvalue weighted by Gasteiger charge is 2.36. The van der Waals surface area contributed by atoms with Crippen LogP contribution in [0.5, 0.6) is 0 Å². The maximum Gasteiger partial charge on any atom is 0.166 e. The number of aromatic nitrogens is 8. The Kier molecular flexibility index (Phi) is 50.0. The fourth-order valence-corrected chi connectivity index (χ4v) is 28.4. The van der Waals surface area contributed by atoms with Crippen molar-refractivity contribution in [3.8, 4) is 45.6 Å². The molecule has 8 nitrogen and oxygen atoms in total. The molecule has 0 fully saturated rings. The molecule has 120 heavy (non-hydrogen) atoms. The van der Waals surface area contributed by atoms with Gasteiger partial charge in [0.05, 0.1) is 62.1 Å². The van der Waals surface area contributed by atoms with Crippen LogP contribution < -0.4 is 0 Å². The van der Waals surface area contributed by atoms with Gasteiger partial charge in [-0.25, -0.2) is 29.9 Å². The highest BCUT2D eigenvalue weighted by Crippen LogP contribution is 2.58. The smallest absolute Gasteiger partial charge is 0.166 e. The van der Waals surface area contributed by atoms with Crippen molar-refractivity contribution in [3.05, 3.63) is 46.2 Å². The Morgan fingerprint density at radius 1 is 0.242 bits per heavy atom. The van der Waals surface area contributed by atoms with Gasteiger partial charge in [-0.1, -0.05) is 405 Å². The molecular formula is C96H138Cl8N8S8. The van der Waals surface area contributed by atoms with E-state index in [1.165, 1.54) is 254 Å². The third-order valence-corrected chi connectivity index (χ3v) is 36.3. The minimum atomic E-state index is 0.0927. The van der Waals surface area contributed by atoms with Gasteiger partial charge in [-0.15, -0.1) is 82.3 Å². The molecule has 5 heterocycles. The number of unbranched alkanes of at least 4 members (excludes halogenated alkanes) is 40. The average Bonchev–Trinajstić information content (AvgIpc) is 1.55. The Bertz CT molecular complexity index is 4480. The molecule has 0 saturated carbocycles. The lowest BCUT2D eigenvalue weighted by molar-refractivity contribution is 0.626. The second-order valence-corrected chi connectivity index (χ2v) is 44.5. The molecule has 2 aliphatic rings. The molecule has 0 unspecified atom stereocenters. The maximum absolute atomic E-state index is 8.63. The van der Waals surface area contributed by atoms with Crippen molar-refractivity contribution in [2.24, 2.45) is 0 Å². The summed E-state index contributed by atoms with van der Waals surface area (Å²) in [4.78, 5) is 48.5. The third kappa shape index (κ3) is 29.7. The molecule has 3 aromatic heterocycles. The van der Waals surface area contributed by atoms with E-state index in [2.05, 4.69) is 83.9 Å². The second kappa shape index (κ2) is 58.2. The summed E-state index contributed by atoms with van der Waals surface area (Å²) in [5.74, 6) is 9.02. The van der Waals surface area contributed by atoms with E-state index in [4.69, 9.17) is 123 Å². The van der Waals surface area contributed by atoms with Gasteiger partial charge in [0.1, 0.15) is 11.3 Å². The summed E-state index contributed by atoms with van der Waals surface area (Å²) in [6.07, 6.45) is 57.3. The Labute approximate surface area is 797 Å². The SMILES string of the molecule is CCCCCCCCSc1c(Cl)c2c(c(SCCCCCCCC)c1SCCCCCCCC)-c1nc-2nc2c3c(Cl)c(Cl)c(Cl)c(Cl)c3c(nc3nc(nc4[nH]c(n1)c1c(SCCCCCCCC)c(SCCCCCCCC)c(SCCCCCCCC)c(SCCCCCCCC)c41)-c1cc(Cl)c(Cl)c(Cl)c1-3)n2SCCCCCCCC. The zero-order chi connectivity index (χ0) is 85.4. The fraction of sp³-hybridized carbons (Fsp3) is 0.667. The number of hydrogen-bond acceptors (Lipinski definition) is 14. The summed E-state index contributed by atoms with van der Waals surface area (Å²) >= 11 is 76.8. The van der Waals surface area contributed by atoms with Crippen LogP contribution >= 0.6 is 187 Å². The van der Waals surface area contributed by atoms with Crippen LogP contribution in [0, 0.1) is 0 Å². The van der Waals surface area contributed by atoms with Gasteiger partial charge in [-0.2, -0.15) is 0 Å². The number of benzene rings is 4. The van der Waals surface area contributed by atoms with Gasteiger partial charge in [-0.3, -0.25) is 3.97 Å². The number of aromatic amines is 1. The maximum atomic E-state index is 8.63. The number of hydrogen-bond donors (Lipinski definition) is 1. The minimum absolute atomic E-state index is 0.0927. The van der Waals surface area contributed by atoms with Crippen LogP contribution in [0.25, 0.3) is 89.7 Å². The summed E-state index contributed by atoms with van der Waals surface area (Å²) in [5.41, 5.74) is 4.89. The predicted octanol–water partition coefficient (Wildman–Crippen LogP) is 39.6. The number of fused-ring (bicyclic) bond motifs is 20. The number of thioether (sulfide) groups is 7. The Balaban J connectivity index is 1.53. The summed E-state index contributed by atoms with van der Waals surface area (Å²) in [6, 6.07) is 1.85. The van der Waals surface area contributed by atoms with E-state index in [9.17, 15) is 0 Å². The van der Waals surface area contributed by atoms with Crippen LogP contribution in [0.2, 0.25) is 40.2 Å². The first-order valence-corrected chi connectivity index (χ1v) is 57.7. The lowest BCUT2D eigenvalue weighted by Gasteiger charge is -2.21.